The summed E-state index contributed by atoms with van der Waals surface area (Å²) in [7, 11) is 0. The van der Waals surface area contributed by atoms with Crippen molar-refractivity contribution >= 4 is 21.8 Å². The lowest BCUT2D eigenvalue weighted by Gasteiger charge is -2.59. The van der Waals surface area contributed by atoms with Gasteiger partial charge in [-0.1, -0.05) is 72.4 Å². The fourth-order valence-corrected chi connectivity index (χ4v) is 11.9. The number of H-pyrrole nitrogens is 2. The lowest BCUT2D eigenvalue weighted by atomic mass is 9.53. The number of nitrogens with zero attached hydrogens (tertiary/aromatic N) is 2. The predicted octanol–water partition coefficient (Wildman–Crippen LogP) is 7.47. The highest BCUT2D eigenvalue weighted by Crippen LogP contribution is 2.62. The molecule has 6 heterocycles. The molecule has 0 amide bonds. The molecule has 3 bridgehead atoms. The fourth-order valence-electron chi connectivity index (χ4n) is 11.9. The minimum absolute atomic E-state index is 0.0755. The van der Waals surface area contributed by atoms with Crippen molar-refractivity contribution in [2.45, 2.75) is 101 Å². The average molecular weight is 713 g/mol. The zero-order chi connectivity index (χ0) is 36.0. The topological polar surface area (TPSA) is 110 Å². The molecule has 1 spiro atoms. The van der Waals surface area contributed by atoms with E-state index in [-0.39, 0.29) is 17.4 Å². The van der Waals surface area contributed by atoms with Crippen LogP contribution in [0.5, 0.6) is 0 Å². The van der Waals surface area contributed by atoms with Crippen molar-refractivity contribution in [2.75, 3.05) is 39.3 Å². The highest BCUT2D eigenvalue weighted by Gasteiger charge is 2.66. The van der Waals surface area contributed by atoms with E-state index in [4.69, 9.17) is 11.5 Å². The molecule has 0 saturated carbocycles. The number of benzene rings is 2. The highest BCUT2D eigenvalue weighted by atomic mass is 16.3. The Kier molecular flexibility index (Phi) is 9.74. The van der Waals surface area contributed by atoms with Gasteiger partial charge >= 0.3 is 0 Å². The molecule has 2 aromatic heterocycles. The summed E-state index contributed by atoms with van der Waals surface area (Å²) in [5, 5.41) is 16.2. The van der Waals surface area contributed by atoms with Gasteiger partial charge in [0.2, 0.25) is 0 Å². The van der Waals surface area contributed by atoms with Gasteiger partial charge in [-0.15, -0.1) is 0 Å². The van der Waals surface area contributed by atoms with Crippen molar-refractivity contribution in [3.63, 3.8) is 0 Å². The smallest absolute Gasteiger partial charge is 0.0994 e. The van der Waals surface area contributed by atoms with Gasteiger partial charge in [0.25, 0.3) is 0 Å². The van der Waals surface area contributed by atoms with Gasteiger partial charge in [-0.25, -0.2) is 0 Å². The van der Waals surface area contributed by atoms with Gasteiger partial charge in [-0.2, -0.15) is 0 Å². The molecular formula is C46H60N6O. The fraction of sp³-hybridized carbons (Fsp3) is 0.522. The minimum atomic E-state index is -0.979. The number of allylic oxidation sites excluding steroid dienone is 4. The summed E-state index contributed by atoms with van der Waals surface area (Å²) in [6, 6.07) is 17.9. The van der Waals surface area contributed by atoms with Gasteiger partial charge < -0.3 is 31.4 Å². The maximum absolute atomic E-state index is 13.7. The van der Waals surface area contributed by atoms with Gasteiger partial charge in [-0.05, 0) is 139 Å². The second kappa shape index (κ2) is 14.6. The second-order valence-corrected chi connectivity index (χ2v) is 17.0. The predicted molar refractivity (Wildman–Crippen MR) is 218 cm³/mol. The molecule has 9 rings (SSSR count). The van der Waals surface area contributed by atoms with E-state index in [0.717, 1.165) is 88.6 Å². The monoisotopic (exact) mass is 712 g/mol. The first-order chi connectivity index (χ1) is 26.0. The maximum atomic E-state index is 13.7. The zero-order valence-corrected chi connectivity index (χ0v) is 31.5. The molecule has 7 heteroatoms. The number of aromatic amines is 2. The Bertz CT molecular complexity index is 1940. The Balaban J connectivity index is 1.33. The largest absolute Gasteiger partial charge is 0.384 e. The molecule has 0 radical (unpaired) electrons. The maximum Gasteiger partial charge on any atom is 0.0994 e. The lowest BCUT2D eigenvalue weighted by Crippen LogP contribution is -2.66. The first-order valence-corrected chi connectivity index (χ1v) is 20.9. The Hall–Kier alpha value is -3.46. The van der Waals surface area contributed by atoms with E-state index < -0.39 is 5.60 Å². The molecule has 6 atom stereocenters. The number of piperidine rings is 1. The molecular weight excluding hydrogens is 653 g/mol. The number of aromatic nitrogens is 2. The summed E-state index contributed by atoms with van der Waals surface area (Å²) in [5.41, 5.74) is 20.6. The van der Waals surface area contributed by atoms with Crippen LogP contribution in [-0.2, 0) is 12.8 Å². The molecule has 280 valence electrons. The summed E-state index contributed by atoms with van der Waals surface area (Å²) in [6.07, 6.45) is 24.7. The first kappa shape index (κ1) is 35.3. The molecule has 4 aromatic rings. The molecule has 53 heavy (non-hydrogen) atoms. The minimum Gasteiger partial charge on any atom is -0.384 e. The third kappa shape index (κ3) is 6.08. The molecule has 1 aliphatic carbocycles. The molecule has 5 aliphatic rings. The molecule has 2 fully saturated rings. The van der Waals surface area contributed by atoms with E-state index in [1.165, 1.54) is 64.5 Å². The van der Waals surface area contributed by atoms with Crippen molar-refractivity contribution in [1.29, 1.82) is 0 Å². The Morgan fingerprint density at radius 2 is 1.42 bits per heavy atom. The van der Waals surface area contributed by atoms with Gasteiger partial charge in [0.05, 0.1) is 17.6 Å². The third-order valence-electron chi connectivity index (χ3n) is 13.9. The second-order valence-electron chi connectivity index (χ2n) is 17.0. The Labute approximate surface area is 315 Å². The standard InChI is InChI=1S/C46H60N6O/c47-24-20-35-33-16-8-10-18-39(33)49-42(35)41(43-36(21-25-48)34-17-9-11-19-40(34)50-43)37-30-46(53)23-12-4-1-2-5-13-26-51-28-22-38(37)45(31-51)29-32-15-7-3-6-14-27-52(32)44(45)46/h1,4,7-11,15-19,30,32,38,41,44,49-50,53H,2-3,5-6,12-14,20-29,31,47-48H2. The number of rotatable bonds is 7. The number of hydrogen-bond donors (Lipinski definition) is 5. The SMILES string of the molecule is NCCc1c(C(C2=CC3(O)CCC=CCCCCN4CCC2C2(CC5C=CCCCCN5C32)C4)c2[nH]c3ccccc3c2CCN)[nH]c2ccccc12. The number of para-hydroxylation sites is 2. The van der Waals surface area contributed by atoms with Crippen LogP contribution in [0.4, 0.5) is 0 Å². The lowest BCUT2D eigenvalue weighted by molar-refractivity contribution is -0.0976. The molecule has 2 aromatic carbocycles. The van der Waals surface area contributed by atoms with Gasteiger partial charge in [-0.3, -0.25) is 4.90 Å². The number of hydrogen-bond acceptors (Lipinski definition) is 5. The van der Waals surface area contributed by atoms with E-state index in [2.05, 4.69) is 98.7 Å². The quantitative estimate of drug-likeness (QED) is 0.128. The van der Waals surface area contributed by atoms with Crippen LogP contribution in [0.25, 0.3) is 21.8 Å². The highest BCUT2D eigenvalue weighted by molar-refractivity contribution is 5.88. The summed E-state index contributed by atoms with van der Waals surface area (Å²) in [6.45, 7) is 5.50. The third-order valence-corrected chi connectivity index (χ3v) is 13.9. The van der Waals surface area contributed by atoms with Gasteiger partial charge in [0.15, 0.2) is 0 Å². The van der Waals surface area contributed by atoms with Crippen LogP contribution in [0, 0.1) is 11.3 Å². The van der Waals surface area contributed by atoms with Gasteiger partial charge in [0.1, 0.15) is 0 Å². The summed E-state index contributed by atoms with van der Waals surface area (Å²) in [5.74, 6) is 0.231. The van der Waals surface area contributed by atoms with Crippen molar-refractivity contribution in [3.05, 3.63) is 107 Å². The molecule has 7 nitrogen and oxygen atoms in total. The van der Waals surface area contributed by atoms with Crippen molar-refractivity contribution < 1.29 is 5.11 Å². The van der Waals surface area contributed by atoms with Crippen molar-refractivity contribution in [1.82, 2.24) is 19.8 Å². The van der Waals surface area contributed by atoms with Crippen LogP contribution in [0.15, 0.2) is 84.5 Å². The van der Waals surface area contributed by atoms with E-state index in [1.807, 2.05) is 0 Å². The van der Waals surface area contributed by atoms with Crippen LogP contribution < -0.4 is 11.5 Å². The average Bonchev–Trinajstić information content (AvgIpc) is 3.79. The first-order valence-electron chi connectivity index (χ1n) is 20.9. The van der Waals surface area contributed by atoms with Crippen molar-refractivity contribution in [2.24, 2.45) is 22.8 Å². The normalized spacial score (nSPS) is 30.8. The molecule has 6 unspecified atom stereocenters. The van der Waals surface area contributed by atoms with Crippen LogP contribution in [0.2, 0.25) is 0 Å². The Morgan fingerprint density at radius 1 is 0.774 bits per heavy atom. The van der Waals surface area contributed by atoms with Crippen LogP contribution >= 0.6 is 0 Å². The van der Waals surface area contributed by atoms with Crippen LogP contribution in [0.1, 0.15) is 92.6 Å². The van der Waals surface area contributed by atoms with E-state index in [9.17, 15) is 5.11 Å². The number of fused-ring (bicyclic) bond motifs is 4. The molecule has 4 aliphatic heterocycles. The summed E-state index contributed by atoms with van der Waals surface area (Å²) in [4.78, 5) is 13.6. The number of aliphatic hydroxyl groups is 1. The molecule has 7 N–H and O–H groups in total. The summed E-state index contributed by atoms with van der Waals surface area (Å²) >= 11 is 0. The summed E-state index contributed by atoms with van der Waals surface area (Å²) < 4.78 is 0. The molecule has 2 saturated heterocycles. The van der Waals surface area contributed by atoms with E-state index >= 15 is 0 Å². The van der Waals surface area contributed by atoms with Crippen LogP contribution in [-0.4, -0.2) is 81.8 Å². The van der Waals surface area contributed by atoms with Gasteiger partial charge in [0, 0.05) is 51.2 Å². The van der Waals surface area contributed by atoms with E-state index in [0.29, 0.717) is 25.0 Å². The van der Waals surface area contributed by atoms with Crippen molar-refractivity contribution in [3.8, 4) is 0 Å². The number of nitrogens with two attached hydrogens (primary N) is 2. The Morgan fingerprint density at radius 3 is 2.11 bits per heavy atom. The van der Waals surface area contributed by atoms with Crippen LogP contribution in [0.3, 0.4) is 0 Å². The zero-order valence-electron chi connectivity index (χ0n) is 31.5. The number of nitrogens with one attached hydrogen (secondary N) is 2. The van der Waals surface area contributed by atoms with E-state index in [1.54, 1.807) is 0 Å².